The maximum absolute atomic E-state index is 11.7. The summed E-state index contributed by atoms with van der Waals surface area (Å²) in [6, 6.07) is 7.53. The van der Waals surface area contributed by atoms with E-state index in [2.05, 4.69) is 5.32 Å². The van der Waals surface area contributed by atoms with Crippen LogP contribution in [0.1, 0.15) is 18.4 Å². The first-order chi connectivity index (χ1) is 9.16. The highest BCUT2D eigenvalue weighted by molar-refractivity contribution is 5.87. The molecule has 0 saturated carbocycles. The maximum Gasteiger partial charge on any atom is 0.303 e. The predicted molar refractivity (Wildman–Crippen MR) is 69.8 cm³/mol. The van der Waals surface area contributed by atoms with Gasteiger partial charge in [0.05, 0.1) is 12.7 Å². The van der Waals surface area contributed by atoms with E-state index in [9.17, 15) is 9.59 Å². The number of hydrogen-bond acceptors (Lipinski definition) is 3. The summed E-state index contributed by atoms with van der Waals surface area (Å²) in [4.78, 5) is 22.0. The first-order valence-corrected chi connectivity index (χ1v) is 6.10. The molecule has 2 N–H and O–H groups in total. The highest BCUT2D eigenvalue weighted by Gasteiger charge is 2.09. The standard InChI is InChI=1S/C14H15NO4/c16-13(15-7-3-6-14(17)18)8-10-9-19-12-5-2-1-4-11(10)12/h1-2,4-5,9H,3,6-8H2,(H,15,16)(H,17,18). The Morgan fingerprint density at radius 2 is 2.05 bits per heavy atom. The number of furan rings is 1. The van der Waals surface area contributed by atoms with Crippen LogP contribution in [0.25, 0.3) is 11.0 Å². The minimum atomic E-state index is -0.852. The number of benzene rings is 1. The van der Waals surface area contributed by atoms with Crippen LogP contribution in [0.2, 0.25) is 0 Å². The van der Waals surface area contributed by atoms with Gasteiger partial charge in [-0.05, 0) is 12.5 Å². The van der Waals surface area contributed by atoms with E-state index < -0.39 is 5.97 Å². The molecule has 100 valence electrons. The highest BCUT2D eigenvalue weighted by atomic mass is 16.4. The fraction of sp³-hybridized carbons (Fsp3) is 0.286. The Kier molecular flexibility index (Phi) is 4.18. The lowest BCUT2D eigenvalue weighted by Gasteiger charge is -2.03. The fourth-order valence-corrected chi connectivity index (χ4v) is 1.87. The second kappa shape index (κ2) is 6.04. The van der Waals surface area contributed by atoms with Gasteiger partial charge in [0.2, 0.25) is 5.91 Å². The molecule has 1 aromatic carbocycles. The summed E-state index contributed by atoms with van der Waals surface area (Å²) in [5.41, 5.74) is 1.60. The first kappa shape index (κ1) is 13.1. The third-order valence-corrected chi connectivity index (χ3v) is 2.80. The zero-order valence-electron chi connectivity index (χ0n) is 10.4. The second-order valence-electron chi connectivity index (χ2n) is 4.28. The molecule has 0 aliphatic rings. The average molecular weight is 261 g/mol. The van der Waals surface area contributed by atoms with Gasteiger partial charge in [-0.1, -0.05) is 18.2 Å². The molecule has 0 unspecified atom stereocenters. The van der Waals surface area contributed by atoms with Gasteiger partial charge in [0.25, 0.3) is 0 Å². The van der Waals surface area contributed by atoms with E-state index in [0.29, 0.717) is 13.0 Å². The topological polar surface area (TPSA) is 79.5 Å². The van der Waals surface area contributed by atoms with E-state index in [1.807, 2.05) is 24.3 Å². The van der Waals surface area contributed by atoms with Gasteiger partial charge in [0.15, 0.2) is 0 Å². The van der Waals surface area contributed by atoms with Crippen molar-refractivity contribution in [3.63, 3.8) is 0 Å². The summed E-state index contributed by atoms with van der Waals surface area (Å²) in [6.07, 6.45) is 2.33. The molecule has 0 bridgehead atoms. The number of amides is 1. The van der Waals surface area contributed by atoms with Crippen molar-refractivity contribution in [2.24, 2.45) is 0 Å². The number of fused-ring (bicyclic) bond motifs is 1. The number of carboxylic acid groups (broad SMARTS) is 1. The van der Waals surface area contributed by atoms with E-state index in [0.717, 1.165) is 16.5 Å². The molecule has 1 aromatic heterocycles. The quantitative estimate of drug-likeness (QED) is 0.779. The molecule has 0 aliphatic carbocycles. The summed E-state index contributed by atoms with van der Waals surface area (Å²) in [7, 11) is 0. The van der Waals surface area contributed by atoms with Gasteiger partial charge in [-0.25, -0.2) is 0 Å². The van der Waals surface area contributed by atoms with Gasteiger partial charge in [-0.2, -0.15) is 0 Å². The molecule has 0 saturated heterocycles. The van der Waals surface area contributed by atoms with Gasteiger partial charge < -0.3 is 14.8 Å². The van der Waals surface area contributed by atoms with Crippen LogP contribution >= 0.6 is 0 Å². The van der Waals surface area contributed by atoms with Crippen molar-refractivity contribution in [2.75, 3.05) is 6.54 Å². The van der Waals surface area contributed by atoms with Gasteiger partial charge in [-0.15, -0.1) is 0 Å². The Morgan fingerprint density at radius 1 is 1.26 bits per heavy atom. The Labute approximate surface area is 110 Å². The minimum absolute atomic E-state index is 0.0644. The van der Waals surface area contributed by atoms with Gasteiger partial charge in [0.1, 0.15) is 5.58 Å². The van der Waals surface area contributed by atoms with Crippen LogP contribution in [-0.2, 0) is 16.0 Å². The monoisotopic (exact) mass is 261 g/mol. The Balaban J connectivity index is 1.87. The molecule has 19 heavy (non-hydrogen) atoms. The third-order valence-electron chi connectivity index (χ3n) is 2.80. The van der Waals surface area contributed by atoms with Crippen LogP contribution in [0.5, 0.6) is 0 Å². The van der Waals surface area contributed by atoms with E-state index in [1.165, 1.54) is 0 Å². The van der Waals surface area contributed by atoms with E-state index in [1.54, 1.807) is 6.26 Å². The Morgan fingerprint density at radius 3 is 2.84 bits per heavy atom. The van der Waals surface area contributed by atoms with Crippen molar-refractivity contribution < 1.29 is 19.1 Å². The summed E-state index contributed by atoms with van der Waals surface area (Å²) >= 11 is 0. The SMILES string of the molecule is O=C(O)CCCNC(=O)Cc1coc2ccccc12. The largest absolute Gasteiger partial charge is 0.481 e. The van der Waals surface area contributed by atoms with Crippen LogP contribution in [0.4, 0.5) is 0 Å². The number of hydrogen-bond donors (Lipinski definition) is 2. The molecule has 0 atom stereocenters. The van der Waals surface area contributed by atoms with Crippen LogP contribution in [0.3, 0.4) is 0 Å². The molecular weight excluding hydrogens is 246 g/mol. The van der Waals surface area contributed by atoms with Crippen molar-refractivity contribution in [1.82, 2.24) is 5.32 Å². The number of carboxylic acids is 1. The van der Waals surface area contributed by atoms with Crippen molar-refractivity contribution in [2.45, 2.75) is 19.3 Å². The van der Waals surface area contributed by atoms with Crippen molar-refractivity contribution in [3.8, 4) is 0 Å². The van der Waals surface area contributed by atoms with E-state index in [-0.39, 0.29) is 18.7 Å². The molecule has 2 aromatic rings. The van der Waals surface area contributed by atoms with Crippen LogP contribution in [0, 0.1) is 0 Å². The molecule has 5 nitrogen and oxygen atoms in total. The van der Waals surface area contributed by atoms with Crippen LogP contribution < -0.4 is 5.32 Å². The molecule has 0 aliphatic heterocycles. The molecule has 0 radical (unpaired) electrons. The molecule has 5 heteroatoms. The maximum atomic E-state index is 11.7. The summed E-state index contributed by atoms with van der Waals surface area (Å²) in [6.45, 7) is 0.376. The first-order valence-electron chi connectivity index (χ1n) is 6.10. The summed E-state index contributed by atoms with van der Waals surface area (Å²) < 4.78 is 5.35. The number of para-hydroxylation sites is 1. The van der Waals surface area contributed by atoms with Crippen molar-refractivity contribution in [1.29, 1.82) is 0 Å². The highest BCUT2D eigenvalue weighted by Crippen LogP contribution is 2.20. The Bertz CT molecular complexity index is 588. The fourth-order valence-electron chi connectivity index (χ4n) is 1.87. The normalized spacial score (nSPS) is 10.5. The number of aliphatic carboxylic acids is 1. The summed E-state index contributed by atoms with van der Waals surface area (Å²) in [5, 5.41) is 12.1. The van der Waals surface area contributed by atoms with Crippen molar-refractivity contribution >= 4 is 22.8 Å². The van der Waals surface area contributed by atoms with Crippen LogP contribution in [0.15, 0.2) is 34.9 Å². The lowest BCUT2D eigenvalue weighted by molar-refractivity contribution is -0.137. The van der Waals surface area contributed by atoms with E-state index in [4.69, 9.17) is 9.52 Å². The number of nitrogens with one attached hydrogen (secondary N) is 1. The van der Waals surface area contributed by atoms with Crippen LogP contribution in [-0.4, -0.2) is 23.5 Å². The number of carbonyl (C=O) groups is 2. The molecular formula is C14H15NO4. The third kappa shape index (κ3) is 3.58. The zero-order valence-corrected chi connectivity index (χ0v) is 10.4. The van der Waals surface area contributed by atoms with Gasteiger partial charge >= 0.3 is 5.97 Å². The lowest BCUT2D eigenvalue weighted by Crippen LogP contribution is -2.26. The van der Waals surface area contributed by atoms with Gasteiger partial charge in [0, 0.05) is 23.9 Å². The van der Waals surface area contributed by atoms with Gasteiger partial charge in [-0.3, -0.25) is 9.59 Å². The van der Waals surface area contributed by atoms with Crippen molar-refractivity contribution in [3.05, 3.63) is 36.1 Å². The lowest BCUT2D eigenvalue weighted by atomic mass is 10.1. The summed E-state index contributed by atoms with van der Waals surface area (Å²) in [5.74, 6) is -0.980. The minimum Gasteiger partial charge on any atom is -0.481 e. The smallest absolute Gasteiger partial charge is 0.303 e. The molecule has 2 rings (SSSR count). The predicted octanol–water partition coefficient (Wildman–Crippen LogP) is 1.96. The number of rotatable bonds is 6. The second-order valence-corrected chi connectivity index (χ2v) is 4.28. The molecule has 0 spiro atoms. The molecule has 1 heterocycles. The van der Waals surface area contributed by atoms with E-state index >= 15 is 0 Å². The Hall–Kier alpha value is -2.30. The zero-order chi connectivity index (χ0) is 13.7. The molecule has 0 fully saturated rings. The number of carbonyl (C=O) groups excluding carboxylic acids is 1. The average Bonchev–Trinajstić information content (AvgIpc) is 2.78. The molecule has 1 amide bonds.